The Morgan fingerprint density at radius 1 is 1.67 bits per heavy atom. The number of nitrogens with zero attached hydrogens (tertiary/aromatic N) is 1. The zero-order chi connectivity index (χ0) is 6.10. The van der Waals surface area contributed by atoms with Gasteiger partial charge in [-0.2, -0.15) is 0 Å². The first-order valence-electron chi connectivity index (χ1n) is 2.69. The van der Waals surface area contributed by atoms with Gasteiger partial charge in [-0.3, -0.25) is 0 Å². The van der Waals surface area contributed by atoms with Crippen molar-refractivity contribution in [1.29, 1.82) is 0 Å². The fourth-order valence-corrected chi connectivity index (χ4v) is 0.700. The second kappa shape index (κ2) is 1.82. The molecule has 1 aliphatic heterocycles. The molecule has 4 heteroatoms. The summed E-state index contributed by atoms with van der Waals surface area (Å²) < 4.78 is 9.92. The highest BCUT2D eigenvalue weighted by Gasteiger charge is 2.22. The van der Waals surface area contributed by atoms with E-state index in [2.05, 4.69) is 9.97 Å². The van der Waals surface area contributed by atoms with E-state index in [1.54, 1.807) is 12.4 Å². The zero-order valence-corrected chi connectivity index (χ0v) is 4.70. The van der Waals surface area contributed by atoms with Crippen molar-refractivity contribution in [2.75, 3.05) is 6.79 Å². The van der Waals surface area contributed by atoms with Gasteiger partial charge in [0.05, 0.1) is 0 Å². The van der Waals surface area contributed by atoms with Crippen molar-refractivity contribution in [2.24, 2.45) is 0 Å². The largest absolute Gasteiger partial charge is 0.344 e. The molecule has 1 N–H and O–H groups in total. The molecule has 2 heterocycles. The summed E-state index contributed by atoms with van der Waals surface area (Å²) in [6.45, 7) is 0.380. The highest BCUT2D eigenvalue weighted by Crippen LogP contribution is 2.21. The number of H-pyrrole nitrogens is 1. The second-order valence-electron chi connectivity index (χ2n) is 1.76. The Hall–Kier alpha value is -0.870. The summed E-state index contributed by atoms with van der Waals surface area (Å²) >= 11 is 0. The van der Waals surface area contributed by atoms with E-state index < -0.39 is 0 Å². The third-order valence-corrected chi connectivity index (χ3v) is 1.18. The van der Waals surface area contributed by atoms with E-state index >= 15 is 0 Å². The van der Waals surface area contributed by atoms with Crippen molar-refractivity contribution in [2.45, 2.75) is 6.29 Å². The fourth-order valence-electron chi connectivity index (χ4n) is 0.700. The molecule has 0 aliphatic carbocycles. The van der Waals surface area contributed by atoms with Crippen LogP contribution >= 0.6 is 0 Å². The number of ether oxygens (including phenoxy) is 2. The van der Waals surface area contributed by atoms with E-state index in [4.69, 9.17) is 9.47 Å². The highest BCUT2D eigenvalue weighted by atomic mass is 16.8. The molecule has 9 heavy (non-hydrogen) atoms. The summed E-state index contributed by atoms with van der Waals surface area (Å²) in [5.74, 6) is 0.737. The minimum atomic E-state index is -0.250. The van der Waals surface area contributed by atoms with Gasteiger partial charge in [0.25, 0.3) is 0 Å². The third-order valence-electron chi connectivity index (χ3n) is 1.18. The van der Waals surface area contributed by atoms with Gasteiger partial charge in [-0.05, 0) is 0 Å². The number of hydrogen-bond donors (Lipinski definition) is 1. The Labute approximate surface area is 51.8 Å². The molecular weight excluding hydrogens is 120 g/mol. The van der Waals surface area contributed by atoms with Crippen molar-refractivity contribution in [3.8, 4) is 0 Å². The summed E-state index contributed by atoms with van der Waals surface area (Å²) in [5.41, 5.74) is 0. The summed E-state index contributed by atoms with van der Waals surface area (Å²) in [6, 6.07) is 0. The Bertz CT molecular complexity index is 181. The van der Waals surface area contributed by atoms with Gasteiger partial charge < -0.3 is 14.5 Å². The lowest BCUT2D eigenvalue weighted by Crippen LogP contribution is -2.23. The van der Waals surface area contributed by atoms with Crippen LogP contribution in [0.3, 0.4) is 0 Å². The van der Waals surface area contributed by atoms with Crippen LogP contribution in [-0.4, -0.2) is 16.8 Å². The first-order chi connectivity index (χ1) is 4.47. The van der Waals surface area contributed by atoms with E-state index in [0.717, 1.165) is 5.82 Å². The van der Waals surface area contributed by atoms with Crippen LogP contribution in [0, 0.1) is 0 Å². The van der Waals surface area contributed by atoms with Crippen molar-refractivity contribution in [3.63, 3.8) is 0 Å². The van der Waals surface area contributed by atoms with E-state index in [-0.39, 0.29) is 6.29 Å². The molecule has 0 aromatic carbocycles. The average molecular weight is 126 g/mol. The van der Waals surface area contributed by atoms with E-state index in [0.29, 0.717) is 6.79 Å². The SMILES string of the molecule is c1c[nH]c(C2OCO2)n1. The van der Waals surface area contributed by atoms with Gasteiger partial charge in [0.1, 0.15) is 0 Å². The number of aromatic nitrogens is 2. The topological polar surface area (TPSA) is 47.1 Å². The first kappa shape index (κ1) is 4.96. The van der Waals surface area contributed by atoms with Crippen molar-refractivity contribution in [3.05, 3.63) is 18.2 Å². The molecule has 2 rings (SSSR count). The number of imidazole rings is 1. The average Bonchev–Trinajstić information content (AvgIpc) is 2.11. The second-order valence-corrected chi connectivity index (χ2v) is 1.76. The van der Waals surface area contributed by atoms with Crippen LogP contribution in [0.4, 0.5) is 0 Å². The molecule has 1 aromatic rings. The lowest BCUT2D eigenvalue weighted by Gasteiger charge is -2.24. The summed E-state index contributed by atoms with van der Waals surface area (Å²) in [6.07, 6.45) is 3.15. The molecule has 0 amide bonds. The van der Waals surface area contributed by atoms with Crippen LogP contribution in [0.15, 0.2) is 12.4 Å². The monoisotopic (exact) mass is 126 g/mol. The maximum atomic E-state index is 4.96. The fraction of sp³-hybridized carbons (Fsp3) is 0.400. The van der Waals surface area contributed by atoms with Crippen LogP contribution in [0.25, 0.3) is 0 Å². The predicted molar refractivity (Wildman–Crippen MR) is 28.4 cm³/mol. The van der Waals surface area contributed by atoms with Gasteiger partial charge in [0, 0.05) is 12.4 Å². The zero-order valence-electron chi connectivity index (χ0n) is 4.70. The van der Waals surface area contributed by atoms with E-state index in [1.165, 1.54) is 0 Å². The minimum Gasteiger partial charge on any atom is -0.344 e. The standard InChI is InChI=1S/C5H6N2O2/c1-2-7-4(6-1)5-8-3-9-5/h1-2,5H,3H2,(H,6,7). The smallest absolute Gasteiger partial charge is 0.221 e. The van der Waals surface area contributed by atoms with Crippen molar-refractivity contribution in [1.82, 2.24) is 9.97 Å². The van der Waals surface area contributed by atoms with Gasteiger partial charge in [-0.1, -0.05) is 0 Å². The maximum Gasteiger partial charge on any atom is 0.221 e. The molecule has 4 nitrogen and oxygen atoms in total. The molecular formula is C5H6N2O2. The van der Waals surface area contributed by atoms with Crippen LogP contribution in [0.1, 0.15) is 12.1 Å². The number of hydrogen-bond acceptors (Lipinski definition) is 3. The Balaban J connectivity index is 2.14. The van der Waals surface area contributed by atoms with E-state index in [1.807, 2.05) is 0 Å². The normalized spacial score (nSPS) is 19.6. The van der Waals surface area contributed by atoms with E-state index in [9.17, 15) is 0 Å². The molecule has 1 aromatic heterocycles. The number of rotatable bonds is 1. The molecule has 0 unspecified atom stereocenters. The van der Waals surface area contributed by atoms with Crippen molar-refractivity contribution >= 4 is 0 Å². The summed E-state index contributed by atoms with van der Waals surface area (Å²) in [5, 5.41) is 0. The quantitative estimate of drug-likeness (QED) is 0.592. The maximum absolute atomic E-state index is 4.96. The number of nitrogens with one attached hydrogen (secondary N) is 1. The molecule has 1 aliphatic rings. The Kier molecular flexibility index (Phi) is 1.00. The molecule has 0 spiro atoms. The predicted octanol–water partition coefficient (Wildman–Crippen LogP) is 0.413. The lowest BCUT2D eigenvalue weighted by atomic mass is 10.6. The van der Waals surface area contributed by atoms with Crippen molar-refractivity contribution < 1.29 is 9.47 Å². The molecule has 1 saturated heterocycles. The minimum absolute atomic E-state index is 0.250. The Morgan fingerprint density at radius 2 is 2.56 bits per heavy atom. The van der Waals surface area contributed by atoms with Gasteiger partial charge in [-0.15, -0.1) is 0 Å². The molecule has 48 valence electrons. The van der Waals surface area contributed by atoms with Crippen LogP contribution in [0.5, 0.6) is 0 Å². The molecule has 1 fully saturated rings. The van der Waals surface area contributed by atoms with Gasteiger partial charge in [0.15, 0.2) is 12.6 Å². The van der Waals surface area contributed by atoms with Gasteiger partial charge in [0.2, 0.25) is 6.29 Å². The Morgan fingerprint density at radius 3 is 3.00 bits per heavy atom. The molecule has 0 radical (unpaired) electrons. The van der Waals surface area contributed by atoms with Crippen LogP contribution in [0.2, 0.25) is 0 Å². The van der Waals surface area contributed by atoms with Gasteiger partial charge >= 0.3 is 0 Å². The third kappa shape index (κ3) is 0.721. The first-order valence-corrected chi connectivity index (χ1v) is 2.69. The van der Waals surface area contributed by atoms with Crippen LogP contribution < -0.4 is 0 Å². The molecule has 0 saturated carbocycles. The molecule has 0 atom stereocenters. The number of aromatic amines is 1. The lowest BCUT2D eigenvalue weighted by molar-refractivity contribution is -0.329. The summed E-state index contributed by atoms with van der Waals surface area (Å²) in [4.78, 5) is 6.81. The summed E-state index contributed by atoms with van der Waals surface area (Å²) in [7, 11) is 0. The molecule has 0 bridgehead atoms. The van der Waals surface area contributed by atoms with Gasteiger partial charge in [-0.25, -0.2) is 4.98 Å². The van der Waals surface area contributed by atoms with Crippen LogP contribution in [-0.2, 0) is 9.47 Å². The highest BCUT2D eigenvalue weighted by molar-refractivity contribution is 4.89.